The molecule has 0 aromatic heterocycles. The highest BCUT2D eigenvalue weighted by molar-refractivity contribution is 9.09. The normalized spacial score (nSPS) is 10.1. The maximum absolute atomic E-state index is 11.4. The molecule has 0 radical (unpaired) electrons. The number of rotatable bonds is 3. The Hall–Kier alpha value is 0.01000. The molecule has 0 atom stereocenters. The molecular weight excluding hydrogens is 272 g/mol. The second-order valence-electron chi connectivity index (χ2n) is 2.40. The molecule has 0 spiro atoms. The van der Waals surface area contributed by atoms with Gasteiger partial charge in [0.15, 0.2) is 5.78 Å². The topological polar surface area (TPSA) is 17.1 Å². The number of alkyl halides is 1. The van der Waals surface area contributed by atoms with Crippen LogP contribution in [-0.2, 0) is 0 Å². The van der Waals surface area contributed by atoms with E-state index in [9.17, 15) is 4.79 Å². The largest absolute Gasteiger partial charge is 0.293 e. The van der Waals surface area contributed by atoms with Gasteiger partial charge in [0.2, 0.25) is 0 Å². The molecule has 13 heavy (non-hydrogen) atoms. The number of halogens is 2. The molecular formula is C9H8BrClOS. The number of ketones is 1. The average molecular weight is 280 g/mol. The molecule has 0 saturated heterocycles. The van der Waals surface area contributed by atoms with Crippen molar-refractivity contribution in [2.45, 2.75) is 4.90 Å². The van der Waals surface area contributed by atoms with E-state index < -0.39 is 0 Å². The van der Waals surface area contributed by atoms with Crippen LogP contribution >= 0.6 is 39.3 Å². The number of carbonyl (C=O) groups is 1. The van der Waals surface area contributed by atoms with E-state index in [-0.39, 0.29) is 5.78 Å². The van der Waals surface area contributed by atoms with Crippen LogP contribution in [-0.4, -0.2) is 17.4 Å². The van der Waals surface area contributed by atoms with Gasteiger partial charge in [-0.25, -0.2) is 0 Å². The minimum atomic E-state index is 0.0147. The summed E-state index contributed by atoms with van der Waals surface area (Å²) in [6.45, 7) is 0. The van der Waals surface area contributed by atoms with Crippen molar-refractivity contribution in [1.29, 1.82) is 0 Å². The third-order valence-electron chi connectivity index (χ3n) is 1.60. The van der Waals surface area contributed by atoms with Crippen molar-refractivity contribution in [2.24, 2.45) is 0 Å². The lowest BCUT2D eigenvalue weighted by Crippen LogP contribution is -2.00. The fourth-order valence-corrected chi connectivity index (χ4v) is 1.88. The van der Waals surface area contributed by atoms with Crippen molar-refractivity contribution in [2.75, 3.05) is 11.6 Å². The van der Waals surface area contributed by atoms with Gasteiger partial charge in [-0.3, -0.25) is 4.79 Å². The van der Waals surface area contributed by atoms with E-state index in [1.807, 2.05) is 18.4 Å². The van der Waals surface area contributed by atoms with Gasteiger partial charge in [-0.1, -0.05) is 27.5 Å². The molecule has 0 bridgehead atoms. The summed E-state index contributed by atoms with van der Waals surface area (Å²) in [6.07, 6.45) is 1.96. The van der Waals surface area contributed by atoms with E-state index in [0.29, 0.717) is 15.9 Å². The molecule has 0 aliphatic rings. The van der Waals surface area contributed by atoms with Crippen LogP contribution in [0.2, 0.25) is 5.02 Å². The van der Waals surface area contributed by atoms with Gasteiger partial charge in [-0.2, -0.15) is 0 Å². The lowest BCUT2D eigenvalue weighted by atomic mass is 10.1. The summed E-state index contributed by atoms with van der Waals surface area (Å²) < 4.78 is 0. The third kappa shape index (κ3) is 2.73. The van der Waals surface area contributed by atoms with Crippen molar-refractivity contribution in [3.63, 3.8) is 0 Å². The molecule has 1 aromatic rings. The maximum atomic E-state index is 11.4. The Morgan fingerprint density at radius 2 is 2.31 bits per heavy atom. The van der Waals surface area contributed by atoms with Gasteiger partial charge in [-0.15, -0.1) is 11.8 Å². The Bertz CT molecular complexity index is 327. The average Bonchev–Trinajstić information content (AvgIpc) is 2.17. The van der Waals surface area contributed by atoms with Crippen molar-refractivity contribution in [3.05, 3.63) is 28.8 Å². The summed E-state index contributed by atoms with van der Waals surface area (Å²) in [4.78, 5) is 12.4. The first-order valence-electron chi connectivity index (χ1n) is 3.61. The first-order chi connectivity index (χ1) is 6.19. The zero-order valence-electron chi connectivity index (χ0n) is 7.01. The Balaban J connectivity index is 3.11. The Labute approximate surface area is 95.0 Å². The molecule has 1 aromatic carbocycles. The fourth-order valence-electron chi connectivity index (χ4n) is 0.917. The Morgan fingerprint density at radius 1 is 1.62 bits per heavy atom. The molecule has 0 saturated carbocycles. The molecule has 1 nitrogen and oxygen atoms in total. The number of Topliss-reactive ketones (excluding diaryl/α,β-unsaturated/α-hetero) is 1. The lowest BCUT2D eigenvalue weighted by molar-refractivity contribution is 0.102. The summed E-state index contributed by atoms with van der Waals surface area (Å²) in [5, 5.41) is 0.826. The van der Waals surface area contributed by atoms with E-state index in [1.54, 1.807) is 17.8 Å². The van der Waals surface area contributed by atoms with Gasteiger partial charge in [-0.05, 0) is 24.5 Å². The molecule has 0 heterocycles. The number of hydrogen-bond donors (Lipinski definition) is 0. The monoisotopic (exact) mass is 278 g/mol. The lowest BCUT2D eigenvalue weighted by Gasteiger charge is -2.02. The van der Waals surface area contributed by atoms with E-state index in [1.165, 1.54) is 0 Å². The number of hydrogen-bond acceptors (Lipinski definition) is 2. The molecule has 0 N–H and O–H groups in total. The standard InChI is InChI=1S/C9H8BrClOS/c1-13-6-2-3-8(11)7(4-6)9(12)5-10/h2-4H,5H2,1H3. The highest BCUT2D eigenvalue weighted by atomic mass is 79.9. The zero-order chi connectivity index (χ0) is 9.84. The van der Waals surface area contributed by atoms with Crippen LogP contribution in [0, 0.1) is 0 Å². The maximum Gasteiger partial charge on any atom is 0.174 e. The third-order valence-corrected chi connectivity index (χ3v) is 3.16. The highest BCUT2D eigenvalue weighted by Gasteiger charge is 2.09. The molecule has 0 amide bonds. The van der Waals surface area contributed by atoms with E-state index in [2.05, 4.69) is 15.9 Å². The van der Waals surface area contributed by atoms with Crippen LogP contribution in [0.3, 0.4) is 0 Å². The molecule has 0 aliphatic carbocycles. The molecule has 0 aliphatic heterocycles. The van der Waals surface area contributed by atoms with E-state index in [4.69, 9.17) is 11.6 Å². The molecule has 0 unspecified atom stereocenters. The SMILES string of the molecule is CSc1ccc(Cl)c(C(=O)CBr)c1. The first kappa shape index (κ1) is 11.1. The summed E-state index contributed by atoms with van der Waals surface area (Å²) in [5.74, 6) is 0.0147. The van der Waals surface area contributed by atoms with Crippen molar-refractivity contribution < 1.29 is 4.79 Å². The van der Waals surface area contributed by atoms with Gasteiger partial charge in [0.05, 0.1) is 10.4 Å². The molecule has 0 fully saturated rings. The van der Waals surface area contributed by atoms with Crippen LogP contribution in [0.25, 0.3) is 0 Å². The van der Waals surface area contributed by atoms with E-state index >= 15 is 0 Å². The first-order valence-corrected chi connectivity index (χ1v) is 6.34. The van der Waals surface area contributed by atoms with Gasteiger partial charge in [0.1, 0.15) is 0 Å². The number of thioether (sulfide) groups is 1. The predicted molar refractivity (Wildman–Crippen MR) is 61.4 cm³/mol. The van der Waals surface area contributed by atoms with Gasteiger partial charge >= 0.3 is 0 Å². The Kier molecular flexibility index (Phi) is 4.29. The van der Waals surface area contributed by atoms with Crippen molar-refractivity contribution >= 4 is 45.1 Å². The minimum Gasteiger partial charge on any atom is -0.293 e. The van der Waals surface area contributed by atoms with E-state index in [0.717, 1.165) is 4.90 Å². The van der Waals surface area contributed by atoms with Crippen molar-refractivity contribution in [3.8, 4) is 0 Å². The van der Waals surface area contributed by atoms with Crippen LogP contribution in [0.4, 0.5) is 0 Å². The fraction of sp³-hybridized carbons (Fsp3) is 0.222. The van der Waals surface area contributed by atoms with Crippen molar-refractivity contribution in [1.82, 2.24) is 0 Å². The number of benzene rings is 1. The van der Waals surface area contributed by atoms with Crippen LogP contribution in [0.15, 0.2) is 23.1 Å². The second kappa shape index (κ2) is 5.03. The van der Waals surface area contributed by atoms with Crippen LogP contribution in [0.5, 0.6) is 0 Å². The van der Waals surface area contributed by atoms with Crippen LogP contribution < -0.4 is 0 Å². The summed E-state index contributed by atoms with van der Waals surface area (Å²) in [6, 6.07) is 5.47. The quantitative estimate of drug-likeness (QED) is 0.477. The van der Waals surface area contributed by atoms with Gasteiger partial charge in [0.25, 0.3) is 0 Å². The second-order valence-corrected chi connectivity index (χ2v) is 4.25. The molecule has 70 valence electrons. The minimum absolute atomic E-state index is 0.0147. The Morgan fingerprint density at radius 3 is 2.85 bits per heavy atom. The highest BCUT2D eigenvalue weighted by Crippen LogP contribution is 2.23. The number of carbonyl (C=O) groups excluding carboxylic acids is 1. The summed E-state index contributed by atoms with van der Waals surface area (Å²) in [5.41, 5.74) is 0.588. The van der Waals surface area contributed by atoms with Crippen LogP contribution in [0.1, 0.15) is 10.4 Å². The zero-order valence-corrected chi connectivity index (χ0v) is 10.2. The van der Waals surface area contributed by atoms with Gasteiger partial charge < -0.3 is 0 Å². The predicted octanol–water partition coefficient (Wildman–Crippen LogP) is 3.64. The summed E-state index contributed by atoms with van der Waals surface area (Å²) >= 11 is 10.6. The molecule has 1 rings (SSSR count). The van der Waals surface area contributed by atoms with Gasteiger partial charge in [0, 0.05) is 10.5 Å². The summed E-state index contributed by atoms with van der Waals surface area (Å²) in [7, 11) is 0. The smallest absolute Gasteiger partial charge is 0.174 e. The molecule has 4 heteroatoms.